The summed E-state index contributed by atoms with van der Waals surface area (Å²) in [6.07, 6.45) is 6.62. The Labute approximate surface area is 219 Å². The van der Waals surface area contributed by atoms with Gasteiger partial charge in [-0.2, -0.15) is 5.10 Å². The molecule has 2 atom stereocenters. The minimum Gasteiger partial charge on any atom is -0.494 e. The molecule has 6 bridgehead atoms. The van der Waals surface area contributed by atoms with Gasteiger partial charge in [-0.3, -0.25) is 19.0 Å². The molecule has 0 N–H and O–H groups in total. The Morgan fingerprint density at radius 1 is 1.11 bits per heavy atom. The average Bonchev–Trinajstić information content (AvgIpc) is 3.72. The summed E-state index contributed by atoms with van der Waals surface area (Å²) in [4.78, 5) is 32.0. The molecule has 4 aromatic rings. The topological polar surface area (TPSA) is 98.4 Å². The highest BCUT2D eigenvalue weighted by Crippen LogP contribution is 2.57. The molecule has 0 aliphatic carbocycles. The summed E-state index contributed by atoms with van der Waals surface area (Å²) in [5, 5.41) is 12.8. The van der Waals surface area contributed by atoms with Gasteiger partial charge in [0.2, 0.25) is 11.8 Å². The molecule has 192 valence electrons. The SMILES string of the molecule is O=C(Cn1cccn1)N1CC[C@@]23C(=O)N(Cc4cn(nn4)CCCOc4cccc(c4)[C@H]12)c1ccccc13. The van der Waals surface area contributed by atoms with Crippen molar-refractivity contribution in [3.63, 3.8) is 0 Å². The third-order valence-electron chi connectivity index (χ3n) is 7.88. The van der Waals surface area contributed by atoms with Crippen molar-refractivity contribution in [2.24, 2.45) is 0 Å². The number of hydrogen-bond donors (Lipinski definition) is 0. The lowest BCUT2D eigenvalue weighted by molar-refractivity contribution is -0.134. The standard InChI is InChI=1S/C28H27N7O3/c36-25(19-32-12-4-11-29-32)34-14-10-28-23-8-1-2-9-24(23)35(27(28)37)18-21-17-33(31-30-21)13-5-15-38-22-7-3-6-20(16-22)26(28)34/h1-4,6-9,11-12,16-17,26H,5,10,13-15,18-19H2/t26-,28-/m0/s1. The number of anilines is 1. The zero-order valence-electron chi connectivity index (χ0n) is 20.8. The smallest absolute Gasteiger partial charge is 0.244 e. The number of aromatic nitrogens is 5. The van der Waals surface area contributed by atoms with Gasteiger partial charge >= 0.3 is 0 Å². The number of carbonyl (C=O) groups excluding carboxylic acids is 2. The number of aryl methyl sites for hydroxylation is 1. The Bertz CT molecular complexity index is 1510. The number of nitrogens with zero attached hydrogens (tertiary/aromatic N) is 7. The number of fused-ring (bicyclic) bond motifs is 8. The van der Waals surface area contributed by atoms with E-state index in [2.05, 4.69) is 15.4 Å². The van der Waals surface area contributed by atoms with Crippen LogP contribution in [0.15, 0.2) is 73.2 Å². The van der Waals surface area contributed by atoms with Crippen molar-refractivity contribution in [3.8, 4) is 5.75 Å². The van der Waals surface area contributed by atoms with Crippen molar-refractivity contribution < 1.29 is 14.3 Å². The van der Waals surface area contributed by atoms with E-state index in [1.165, 1.54) is 0 Å². The molecule has 2 aromatic heterocycles. The van der Waals surface area contributed by atoms with Crippen LogP contribution in [-0.2, 0) is 34.6 Å². The summed E-state index contributed by atoms with van der Waals surface area (Å²) in [6.45, 7) is 2.07. The molecule has 3 aliphatic rings. The lowest BCUT2D eigenvalue weighted by atomic mass is 9.72. The first-order valence-corrected chi connectivity index (χ1v) is 12.9. The fourth-order valence-corrected chi connectivity index (χ4v) is 6.27. The van der Waals surface area contributed by atoms with E-state index in [1.807, 2.05) is 64.5 Å². The number of amides is 2. The monoisotopic (exact) mass is 509 g/mol. The van der Waals surface area contributed by atoms with Crippen LogP contribution in [-0.4, -0.2) is 54.6 Å². The maximum Gasteiger partial charge on any atom is 0.244 e. The molecule has 0 unspecified atom stereocenters. The Morgan fingerprint density at radius 3 is 2.92 bits per heavy atom. The van der Waals surface area contributed by atoms with Crippen molar-refractivity contribution in [1.29, 1.82) is 0 Å². The summed E-state index contributed by atoms with van der Waals surface area (Å²) in [5.41, 5.74) is 2.49. The molecule has 1 spiro atoms. The van der Waals surface area contributed by atoms with E-state index >= 15 is 0 Å². The zero-order valence-corrected chi connectivity index (χ0v) is 20.8. The first-order chi connectivity index (χ1) is 18.6. The van der Waals surface area contributed by atoms with Gasteiger partial charge in [0.1, 0.15) is 23.4 Å². The summed E-state index contributed by atoms with van der Waals surface area (Å²) in [7, 11) is 0. The molecule has 7 rings (SSSR count). The average molecular weight is 510 g/mol. The number of rotatable bonds is 2. The van der Waals surface area contributed by atoms with Gasteiger partial charge in [0.15, 0.2) is 0 Å². The molecule has 1 saturated heterocycles. The van der Waals surface area contributed by atoms with Crippen LogP contribution in [0.5, 0.6) is 5.75 Å². The number of ether oxygens (including phenoxy) is 1. The molecular weight excluding hydrogens is 482 g/mol. The number of para-hydroxylation sites is 1. The first-order valence-electron chi connectivity index (χ1n) is 12.9. The van der Waals surface area contributed by atoms with Gasteiger partial charge in [0.05, 0.1) is 25.4 Å². The van der Waals surface area contributed by atoms with Gasteiger partial charge in [0.25, 0.3) is 0 Å². The van der Waals surface area contributed by atoms with Crippen LogP contribution in [0.25, 0.3) is 0 Å². The van der Waals surface area contributed by atoms with Crippen LogP contribution in [0.4, 0.5) is 5.69 Å². The van der Waals surface area contributed by atoms with Crippen molar-refractivity contribution >= 4 is 17.5 Å². The predicted octanol–water partition coefficient (Wildman–Crippen LogP) is 2.72. The van der Waals surface area contributed by atoms with Crippen LogP contribution in [0.3, 0.4) is 0 Å². The van der Waals surface area contributed by atoms with Gasteiger partial charge in [-0.15, -0.1) is 5.10 Å². The van der Waals surface area contributed by atoms with Crippen molar-refractivity contribution in [3.05, 3.63) is 90.0 Å². The van der Waals surface area contributed by atoms with Gasteiger partial charge in [0, 0.05) is 37.6 Å². The van der Waals surface area contributed by atoms with Gasteiger partial charge < -0.3 is 14.5 Å². The minimum atomic E-state index is -0.925. The second kappa shape index (κ2) is 8.83. The Hall–Kier alpha value is -4.47. The van der Waals surface area contributed by atoms with Crippen molar-refractivity contribution in [2.45, 2.75) is 43.9 Å². The molecule has 2 amide bonds. The molecule has 5 heterocycles. The second-order valence-electron chi connectivity index (χ2n) is 10.1. The first kappa shape index (κ1) is 22.7. The second-order valence-corrected chi connectivity index (χ2v) is 10.1. The van der Waals surface area contributed by atoms with Crippen molar-refractivity contribution in [2.75, 3.05) is 18.1 Å². The Balaban J connectivity index is 1.39. The van der Waals surface area contributed by atoms with E-state index in [9.17, 15) is 9.59 Å². The molecule has 1 fully saturated rings. The lowest BCUT2D eigenvalue weighted by Gasteiger charge is -2.35. The van der Waals surface area contributed by atoms with E-state index in [0.29, 0.717) is 38.4 Å². The summed E-state index contributed by atoms with van der Waals surface area (Å²) >= 11 is 0. The molecule has 10 heteroatoms. The Morgan fingerprint density at radius 2 is 2.03 bits per heavy atom. The van der Waals surface area contributed by atoms with Crippen LogP contribution in [0.1, 0.15) is 35.7 Å². The van der Waals surface area contributed by atoms with E-state index in [4.69, 9.17) is 4.74 Å². The maximum absolute atomic E-state index is 14.6. The molecule has 2 aromatic carbocycles. The van der Waals surface area contributed by atoms with Crippen LogP contribution in [0.2, 0.25) is 0 Å². The van der Waals surface area contributed by atoms with Crippen LogP contribution >= 0.6 is 0 Å². The van der Waals surface area contributed by atoms with E-state index in [0.717, 1.165) is 28.9 Å². The van der Waals surface area contributed by atoms with E-state index in [-0.39, 0.29) is 18.4 Å². The van der Waals surface area contributed by atoms with Gasteiger partial charge in [-0.1, -0.05) is 35.5 Å². The number of hydrogen-bond acceptors (Lipinski definition) is 6. The fraction of sp³-hybridized carbons (Fsp3) is 0.321. The zero-order chi connectivity index (χ0) is 25.7. The largest absolute Gasteiger partial charge is 0.494 e. The van der Waals surface area contributed by atoms with E-state index in [1.54, 1.807) is 27.8 Å². The molecule has 0 radical (unpaired) electrons. The molecule has 10 nitrogen and oxygen atoms in total. The number of likely N-dealkylation sites (tertiary alicyclic amines) is 1. The number of benzene rings is 2. The van der Waals surface area contributed by atoms with Gasteiger partial charge in [-0.05, 0) is 41.8 Å². The van der Waals surface area contributed by atoms with Crippen molar-refractivity contribution in [1.82, 2.24) is 29.7 Å². The highest BCUT2D eigenvalue weighted by molar-refractivity contribution is 6.09. The fourth-order valence-electron chi connectivity index (χ4n) is 6.27. The maximum atomic E-state index is 14.6. The van der Waals surface area contributed by atoms with Crippen LogP contribution < -0.4 is 9.64 Å². The highest BCUT2D eigenvalue weighted by atomic mass is 16.5. The highest BCUT2D eigenvalue weighted by Gasteiger charge is 2.61. The third-order valence-corrected chi connectivity index (χ3v) is 7.88. The predicted molar refractivity (Wildman–Crippen MR) is 137 cm³/mol. The number of carbonyl (C=O) groups is 2. The quantitative estimate of drug-likeness (QED) is 0.412. The normalized spacial score (nSPS) is 22.3. The van der Waals surface area contributed by atoms with Crippen LogP contribution in [0, 0.1) is 0 Å². The molecule has 3 aliphatic heterocycles. The Kier molecular flexibility index (Phi) is 5.27. The third kappa shape index (κ3) is 3.51. The molecule has 0 saturated carbocycles. The molecular formula is C28H27N7O3. The summed E-state index contributed by atoms with van der Waals surface area (Å²) in [5.74, 6) is 0.620. The lowest BCUT2D eigenvalue weighted by Crippen LogP contribution is -2.46. The summed E-state index contributed by atoms with van der Waals surface area (Å²) in [6, 6.07) is 17.1. The molecule has 38 heavy (non-hydrogen) atoms. The minimum absolute atomic E-state index is 0.0196. The van der Waals surface area contributed by atoms with Gasteiger partial charge in [-0.25, -0.2) is 0 Å². The summed E-state index contributed by atoms with van der Waals surface area (Å²) < 4.78 is 9.52. The van der Waals surface area contributed by atoms with E-state index < -0.39 is 11.5 Å².